The Labute approximate surface area is 221 Å². The average molecular weight is 499 g/mol. The first-order valence-corrected chi connectivity index (χ1v) is 13.8. The van der Waals surface area contributed by atoms with Crippen LogP contribution in [-0.4, -0.2) is 0 Å². The van der Waals surface area contributed by atoms with Gasteiger partial charge in [0, 0.05) is 32.5 Å². The molecule has 2 aliphatic carbocycles. The van der Waals surface area contributed by atoms with Crippen LogP contribution in [0.25, 0.3) is 27.5 Å². The van der Waals surface area contributed by atoms with Crippen molar-refractivity contribution in [3.05, 3.63) is 143 Å². The Kier molecular flexibility index (Phi) is 5.73. The Bertz CT molecular complexity index is 1650. The van der Waals surface area contributed by atoms with E-state index in [9.17, 15) is 0 Å². The number of nitrogens with two attached hydrogens (primary N) is 1. The van der Waals surface area contributed by atoms with Gasteiger partial charge in [0.15, 0.2) is 0 Å². The van der Waals surface area contributed by atoms with E-state index < -0.39 is 0 Å². The molecule has 2 unspecified atom stereocenters. The van der Waals surface area contributed by atoms with Crippen LogP contribution in [0.3, 0.4) is 0 Å². The Morgan fingerprint density at radius 2 is 1.62 bits per heavy atom. The monoisotopic (exact) mass is 498 g/mol. The maximum Gasteiger partial charge on any atom is 0.134 e. The van der Waals surface area contributed by atoms with Gasteiger partial charge < -0.3 is 4.42 Å². The van der Waals surface area contributed by atoms with E-state index in [1.807, 2.05) is 17.4 Å². The minimum Gasteiger partial charge on any atom is -0.460 e. The zero-order valence-electron chi connectivity index (χ0n) is 20.5. The summed E-state index contributed by atoms with van der Waals surface area (Å²) in [4.78, 5) is 2.77. The molecule has 3 aromatic carbocycles. The molecule has 0 radical (unpaired) electrons. The Morgan fingerprint density at radius 1 is 0.784 bits per heavy atom. The lowest BCUT2D eigenvalue weighted by Gasteiger charge is -2.18. The Morgan fingerprint density at radius 3 is 2.46 bits per heavy atom. The third-order valence-electron chi connectivity index (χ3n) is 7.49. The van der Waals surface area contributed by atoms with E-state index in [4.69, 9.17) is 4.42 Å². The fourth-order valence-electron chi connectivity index (χ4n) is 5.51. The van der Waals surface area contributed by atoms with Crippen molar-refractivity contribution in [1.29, 1.82) is 0 Å². The van der Waals surface area contributed by atoms with E-state index in [1.54, 1.807) is 0 Å². The van der Waals surface area contributed by atoms with Crippen LogP contribution in [0.2, 0.25) is 0 Å². The number of allylic oxidation sites excluding steroid dienone is 4. The van der Waals surface area contributed by atoms with E-state index in [1.165, 1.54) is 43.2 Å². The minimum atomic E-state index is 0.266. The summed E-state index contributed by atoms with van der Waals surface area (Å²) in [5.41, 5.74) is 7.33. The maximum absolute atomic E-state index is 6.31. The number of rotatable bonds is 5. The fourth-order valence-corrected chi connectivity index (χ4v) is 6.62. The topological polar surface area (TPSA) is 29.8 Å². The highest BCUT2D eigenvalue weighted by atomic mass is 32.1. The summed E-state index contributed by atoms with van der Waals surface area (Å²) in [5.74, 6) is 1.82. The average Bonchev–Trinajstić information content (AvgIpc) is 3.60. The summed E-state index contributed by atoms with van der Waals surface area (Å²) in [6, 6.07) is 32.5. The van der Waals surface area contributed by atoms with Crippen molar-refractivity contribution in [3.63, 3.8) is 0 Å². The van der Waals surface area contributed by atoms with Crippen LogP contribution in [-0.2, 0) is 0 Å². The van der Waals surface area contributed by atoms with Gasteiger partial charge in [0.2, 0.25) is 0 Å². The zero-order valence-corrected chi connectivity index (χ0v) is 21.3. The van der Waals surface area contributed by atoms with E-state index in [-0.39, 0.29) is 5.92 Å². The molecule has 7 rings (SSSR count). The molecule has 2 atom stereocenters. The second-order valence-electron chi connectivity index (χ2n) is 9.85. The number of para-hydroxylation sites is 1. The van der Waals surface area contributed by atoms with Crippen LogP contribution in [0.4, 0.5) is 5.69 Å². The second-order valence-corrected chi connectivity index (χ2v) is 11.0. The van der Waals surface area contributed by atoms with Crippen molar-refractivity contribution in [2.45, 2.75) is 24.7 Å². The summed E-state index contributed by atoms with van der Waals surface area (Å²) < 4.78 is 6.31. The molecule has 0 bridgehead atoms. The van der Waals surface area contributed by atoms with Gasteiger partial charge >= 0.3 is 0 Å². The number of fused-ring (bicyclic) bond motifs is 3. The molecule has 2 aromatic heterocycles. The van der Waals surface area contributed by atoms with Crippen LogP contribution in [0, 0.1) is 0 Å². The van der Waals surface area contributed by atoms with E-state index in [2.05, 4.69) is 121 Å². The molecule has 2 aliphatic rings. The number of hydrogen-bond acceptors (Lipinski definition) is 2. The molecular formula is C34H28NOS+. The summed E-state index contributed by atoms with van der Waals surface area (Å²) in [7, 11) is 0. The van der Waals surface area contributed by atoms with Crippen molar-refractivity contribution in [3.8, 4) is 10.4 Å². The number of furan rings is 1. The van der Waals surface area contributed by atoms with Crippen LogP contribution in [0.15, 0.2) is 125 Å². The molecule has 0 saturated heterocycles. The molecule has 0 amide bonds. The summed E-state index contributed by atoms with van der Waals surface area (Å²) >= 11 is 1.91. The molecule has 0 fully saturated rings. The fraction of sp³-hybridized carbons (Fsp3) is 0.118. The van der Waals surface area contributed by atoms with Gasteiger partial charge in [-0.05, 0) is 66.5 Å². The smallest absolute Gasteiger partial charge is 0.134 e. The molecule has 3 heteroatoms. The van der Waals surface area contributed by atoms with Crippen LogP contribution in [0.5, 0.6) is 0 Å². The second kappa shape index (κ2) is 9.51. The molecule has 0 aliphatic heterocycles. The van der Waals surface area contributed by atoms with Crippen LogP contribution < -0.4 is 5.32 Å². The molecule has 37 heavy (non-hydrogen) atoms. The van der Waals surface area contributed by atoms with Crippen LogP contribution in [0.1, 0.15) is 46.4 Å². The van der Waals surface area contributed by atoms with Crippen molar-refractivity contribution >= 4 is 34.1 Å². The van der Waals surface area contributed by atoms with Crippen molar-refractivity contribution in [1.82, 2.24) is 0 Å². The molecular weight excluding hydrogens is 470 g/mol. The van der Waals surface area contributed by atoms with Gasteiger partial charge in [-0.25, -0.2) is 0 Å². The number of hydrogen-bond donors (Lipinski definition) is 1. The van der Waals surface area contributed by atoms with Crippen molar-refractivity contribution in [2.75, 3.05) is 0 Å². The third-order valence-corrected chi connectivity index (χ3v) is 8.75. The zero-order chi connectivity index (χ0) is 24.6. The lowest BCUT2D eigenvalue weighted by atomic mass is 9.87. The Balaban J connectivity index is 1.03. The van der Waals surface area contributed by atoms with Gasteiger partial charge in [-0.3, -0.25) is 5.32 Å². The number of benzene rings is 3. The Hall–Kier alpha value is -3.92. The van der Waals surface area contributed by atoms with Gasteiger partial charge in [0.05, 0.1) is 0 Å². The molecule has 2 N–H and O–H groups in total. The van der Waals surface area contributed by atoms with E-state index in [0.29, 0.717) is 5.92 Å². The predicted octanol–water partition coefficient (Wildman–Crippen LogP) is 8.53. The highest BCUT2D eigenvalue weighted by molar-refractivity contribution is 7.15. The first-order chi connectivity index (χ1) is 18.3. The third kappa shape index (κ3) is 4.31. The first kappa shape index (κ1) is 22.3. The normalized spacial score (nSPS) is 18.6. The summed E-state index contributed by atoms with van der Waals surface area (Å²) in [5, 5.41) is 3.49. The predicted molar refractivity (Wildman–Crippen MR) is 154 cm³/mol. The number of thiophene rings is 1. The van der Waals surface area contributed by atoms with Gasteiger partial charge in [-0.1, -0.05) is 78.9 Å². The quantitative estimate of drug-likeness (QED) is 0.242. The molecule has 2 nitrogen and oxygen atoms in total. The SMILES string of the molecule is C1=Cc2c(oc3ccccc23)C(c2ccc([NH2+]C3=CCC(c4ccc(-c5ccccc5)s4)C=C3)cc2)C1. The minimum absolute atomic E-state index is 0.266. The summed E-state index contributed by atoms with van der Waals surface area (Å²) in [6.07, 6.45) is 13.5. The molecule has 5 aromatic rings. The number of quaternary nitrogens is 1. The maximum atomic E-state index is 6.31. The van der Waals surface area contributed by atoms with Gasteiger partial charge in [-0.2, -0.15) is 0 Å². The molecule has 180 valence electrons. The van der Waals surface area contributed by atoms with E-state index in [0.717, 1.165) is 24.2 Å². The van der Waals surface area contributed by atoms with Gasteiger partial charge in [0.1, 0.15) is 22.7 Å². The summed E-state index contributed by atoms with van der Waals surface area (Å²) in [6.45, 7) is 0. The lowest BCUT2D eigenvalue weighted by Crippen LogP contribution is -2.75. The highest BCUT2D eigenvalue weighted by Crippen LogP contribution is 2.41. The molecule has 0 saturated carbocycles. The standard InChI is InChI=1S/C34H27NOS/c1-2-7-24(8-3-1)32-21-22-33(37-32)25-15-19-27(20-16-25)35-26-17-13-23(14-18-26)28-10-6-11-30-29-9-4-5-12-31(29)36-34(28)30/h1-9,11-15,17-22,25,28,35H,10,16H2/p+1. The van der Waals surface area contributed by atoms with Crippen LogP contribution >= 0.6 is 11.3 Å². The van der Waals surface area contributed by atoms with Gasteiger partial charge in [-0.15, -0.1) is 11.3 Å². The molecule has 2 heterocycles. The largest absolute Gasteiger partial charge is 0.460 e. The van der Waals surface area contributed by atoms with Crippen molar-refractivity contribution in [2.24, 2.45) is 0 Å². The molecule has 0 spiro atoms. The lowest BCUT2D eigenvalue weighted by molar-refractivity contribution is -0.512. The first-order valence-electron chi connectivity index (χ1n) is 13.0. The van der Waals surface area contributed by atoms with Gasteiger partial charge in [0.25, 0.3) is 0 Å². The van der Waals surface area contributed by atoms with E-state index >= 15 is 0 Å². The highest BCUT2D eigenvalue weighted by Gasteiger charge is 2.25. The van der Waals surface area contributed by atoms with Crippen molar-refractivity contribution < 1.29 is 9.73 Å².